The van der Waals surface area contributed by atoms with Crippen molar-refractivity contribution in [3.8, 4) is 0 Å². The van der Waals surface area contributed by atoms with Gasteiger partial charge in [-0.25, -0.2) is 9.37 Å². The lowest BCUT2D eigenvalue weighted by Gasteiger charge is -2.17. The molecule has 1 aromatic carbocycles. The van der Waals surface area contributed by atoms with Crippen LogP contribution in [-0.2, 0) is 6.42 Å². The third-order valence-corrected chi connectivity index (χ3v) is 4.65. The van der Waals surface area contributed by atoms with Gasteiger partial charge in [0.2, 0.25) is 0 Å². The van der Waals surface area contributed by atoms with Gasteiger partial charge in [-0.05, 0) is 54.3 Å². The zero-order chi connectivity index (χ0) is 13.1. The number of hydrogen-bond donors (Lipinski definition) is 1. The van der Waals surface area contributed by atoms with Crippen LogP contribution < -0.4 is 5.32 Å². The van der Waals surface area contributed by atoms with Crippen LogP contribution in [0.4, 0.5) is 4.39 Å². The normalized spacial score (nSPS) is 12.7. The Morgan fingerprint density at radius 3 is 2.83 bits per heavy atom. The SMILES string of the molecule is CNC(Cc1nc(C)cs1)c1ccc(F)cc1I. The van der Waals surface area contributed by atoms with Gasteiger partial charge in [-0.2, -0.15) is 0 Å². The monoisotopic (exact) mass is 376 g/mol. The summed E-state index contributed by atoms with van der Waals surface area (Å²) in [5, 5.41) is 6.43. The third-order valence-electron chi connectivity index (χ3n) is 2.73. The van der Waals surface area contributed by atoms with Crippen LogP contribution in [0.3, 0.4) is 0 Å². The molecule has 0 saturated carbocycles. The standard InChI is InChI=1S/C13H14FIN2S/c1-8-7-18-13(17-8)6-12(16-2)10-4-3-9(14)5-11(10)15/h3-5,7,12,16H,6H2,1-2H3. The molecule has 2 rings (SSSR count). The Kier molecular flexibility index (Phi) is 4.69. The summed E-state index contributed by atoms with van der Waals surface area (Å²) in [5.41, 5.74) is 2.17. The van der Waals surface area contributed by atoms with Crippen molar-refractivity contribution in [2.24, 2.45) is 0 Å². The Balaban J connectivity index is 2.22. The number of benzene rings is 1. The molecule has 0 bridgehead atoms. The van der Waals surface area contributed by atoms with E-state index in [0.29, 0.717) is 0 Å². The Morgan fingerprint density at radius 1 is 1.50 bits per heavy atom. The maximum atomic E-state index is 13.1. The molecule has 0 aliphatic rings. The van der Waals surface area contributed by atoms with E-state index in [1.165, 1.54) is 6.07 Å². The van der Waals surface area contributed by atoms with Gasteiger partial charge in [0.05, 0.1) is 5.01 Å². The van der Waals surface area contributed by atoms with Crippen molar-refractivity contribution in [2.45, 2.75) is 19.4 Å². The number of nitrogens with zero attached hydrogens (tertiary/aromatic N) is 1. The fourth-order valence-electron chi connectivity index (χ4n) is 1.82. The topological polar surface area (TPSA) is 24.9 Å². The third kappa shape index (κ3) is 3.27. The highest BCUT2D eigenvalue weighted by Crippen LogP contribution is 2.25. The fourth-order valence-corrected chi connectivity index (χ4v) is 3.49. The van der Waals surface area contributed by atoms with Crippen LogP contribution in [0.5, 0.6) is 0 Å². The van der Waals surface area contributed by atoms with E-state index >= 15 is 0 Å². The summed E-state index contributed by atoms with van der Waals surface area (Å²) in [5.74, 6) is -0.192. The summed E-state index contributed by atoms with van der Waals surface area (Å²) in [4.78, 5) is 4.47. The van der Waals surface area contributed by atoms with E-state index in [1.807, 2.05) is 20.0 Å². The minimum absolute atomic E-state index is 0.169. The van der Waals surface area contributed by atoms with Crippen LogP contribution in [0.2, 0.25) is 0 Å². The fraction of sp³-hybridized carbons (Fsp3) is 0.308. The van der Waals surface area contributed by atoms with Crippen LogP contribution in [0.1, 0.15) is 22.3 Å². The van der Waals surface area contributed by atoms with Gasteiger partial charge in [0.1, 0.15) is 5.82 Å². The van der Waals surface area contributed by atoms with Gasteiger partial charge < -0.3 is 5.32 Å². The summed E-state index contributed by atoms with van der Waals surface area (Å²) in [6.45, 7) is 2.00. The zero-order valence-electron chi connectivity index (χ0n) is 10.2. The van der Waals surface area contributed by atoms with Crippen molar-refractivity contribution in [3.05, 3.63) is 49.2 Å². The lowest BCUT2D eigenvalue weighted by molar-refractivity contribution is 0.581. The van der Waals surface area contributed by atoms with Gasteiger partial charge in [-0.15, -0.1) is 11.3 Å². The first-order valence-electron chi connectivity index (χ1n) is 5.63. The van der Waals surface area contributed by atoms with Gasteiger partial charge in [0.15, 0.2) is 0 Å². The highest BCUT2D eigenvalue weighted by Gasteiger charge is 2.15. The predicted octanol–water partition coefficient (Wildman–Crippen LogP) is 3.70. The smallest absolute Gasteiger partial charge is 0.124 e. The first-order chi connectivity index (χ1) is 8.60. The minimum Gasteiger partial charge on any atom is -0.313 e. The number of aromatic nitrogens is 1. The van der Waals surface area contributed by atoms with Crippen molar-refractivity contribution in [3.63, 3.8) is 0 Å². The number of aryl methyl sites for hydroxylation is 1. The van der Waals surface area contributed by atoms with Gasteiger partial charge in [-0.3, -0.25) is 0 Å². The second kappa shape index (κ2) is 6.08. The van der Waals surface area contributed by atoms with Crippen LogP contribution in [0.15, 0.2) is 23.6 Å². The molecule has 0 radical (unpaired) electrons. The summed E-state index contributed by atoms with van der Waals surface area (Å²) in [6, 6.07) is 5.09. The average Bonchev–Trinajstić information content (AvgIpc) is 2.72. The summed E-state index contributed by atoms with van der Waals surface area (Å²) < 4.78 is 14.1. The highest BCUT2D eigenvalue weighted by atomic mass is 127. The van der Waals surface area contributed by atoms with Crippen molar-refractivity contribution in [1.82, 2.24) is 10.3 Å². The maximum Gasteiger partial charge on any atom is 0.124 e. The maximum absolute atomic E-state index is 13.1. The quantitative estimate of drug-likeness (QED) is 0.824. The second-order valence-electron chi connectivity index (χ2n) is 4.09. The largest absolute Gasteiger partial charge is 0.313 e. The van der Waals surface area contributed by atoms with E-state index in [0.717, 1.165) is 26.3 Å². The van der Waals surface area contributed by atoms with Crippen LogP contribution in [0.25, 0.3) is 0 Å². The minimum atomic E-state index is -0.192. The molecule has 1 aromatic heterocycles. The van der Waals surface area contributed by atoms with E-state index in [-0.39, 0.29) is 11.9 Å². The van der Waals surface area contributed by atoms with E-state index in [4.69, 9.17) is 0 Å². The molecular weight excluding hydrogens is 362 g/mol. The lowest BCUT2D eigenvalue weighted by Crippen LogP contribution is -2.20. The van der Waals surface area contributed by atoms with Gasteiger partial charge in [0, 0.05) is 27.1 Å². The molecule has 0 amide bonds. The Hall–Kier alpha value is -0.530. The number of hydrogen-bond acceptors (Lipinski definition) is 3. The molecule has 1 N–H and O–H groups in total. The molecule has 0 saturated heterocycles. The van der Waals surface area contributed by atoms with Crippen LogP contribution in [0, 0.1) is 16.3 Å². The second-order valence-corrected chi connectivity index (χ2v) is 6.20. The van der Waals surface area contributed by atoms with E-state index in [2.05, 4.69) is 38.3 Å². The molecule has 96 valence electrons. The van der Waals surface area contributed by atoms with Crippen molar-refractivity contribution < 1.29 is 4.39 Å². The highest BCUT2D eigenvalue weighted by molar-refractivity contribution is 14.1. The molecule has 0 aliphatic carbocycles. The lowest BCUT2D eigenvalue weighted by atomic mass is 10.0. The van der Waals surface area contributed by atoms with E-state index in [1.54, 1.807) is 17.4 Å². The first kappa shape index (κ1) is 13.9. The number of thiazole rings is 1. The molecule has 1 unspecified atom stereocenters. The Morgan fingerprint density at radius 2 is 2.28 bits per heavy atom. The van der Waals surface area contributed by atoms with E-state index in [9.17, 15) is 4.39 Å². The number of halogens is 2. The molecule has 5 heteroatoms. The van der Waals surface area contributed by atoms with Crippen molar-refractivity contribution in [2.75, 3.05) is 7.05 Å². The van der Waals surface area contributed by atoms with E-state index < -0.39 is 0 Å². The molecule has 2 nitrogen and oxygen atoms in total. The molecule has 2 aromatic rings. The number of nitrogens with one attached hydrogen (secondary N) is 1. The summed E-state index contributed by atoms with van der Waals surface area (Å²) >= 11 is 3.84. The number of rotatable bonds is 4. The Labute approximate surface area is 124 Å². The van der Waals surface area contributed by atoms with Crippen LogP contribution in [-0.4, -0.2) is 12.0 Å². The molecule has 0 fully saturated rings. The molecule has 1 heterocycles. The predicted molar refractivity (Wildman–Crippen MR) is 81.5 cm³/mol. The average molecular weight is 376 g/mol. The van der Waals surface area contributed by atoms with Gasteiger partial charge >= 0.3 is 0 Å². The van der Waals surface area contributed by atoms with Gasteiger partial charge in [0.25, 0.3) is 0 Å². The van der Waals surface area contributed by atoms with Crippen LogP contribution >= 0.6 is 33.9 Å². The molecular formula is C13H14FIN2S. The Bertz CT molecular complexity index is 542. The molecule has 0 spiro atoms. The van der Waals surface area contributed by atoms with Crippen molar-refractivity contribution >= 4 is 33.9 Å². The molecule has 18 heavy (non-hydrogen) atoms. The first-order valence-corrected chi connectivity index (χ1v) is 7.59. The number of likely N-dealkylation sites (N-methyl/N-ethyl adjacent to an activating group) is 1. The van der Waals surface area contributed by atoms with Gasteiger partial charge in [-0.1, -0.05) is 6.07 Å². The summed E-state index contributed by atoms with van der Waals surface area (Å²) in [6.07, 6.45) is 0.830. The van der Waals surface area contributed by atoms with Crippen molar-refractivity contribution in [1.29, 1.82) is 0 Å². The summed E-state index contributed by atoms with van der Waals surface area (Å²) in [7, 11) is 1.92. The zero-order valence-corrected chi connectivity index (χ0v) is 13.2. The molecule has 1 atom stereocenters. The molecule has 0 aliphatic heterocycles.